The lowest BCUT2D eigenvalue weighted by molar-refractivity contribution is -0.136. The second kappa shape index (κ2) is 6.24. The highest BCUT2D eigenvalue weighted by atomic mass is 32.2. The summed E-state index contributed by atoms with van der Waals surface area (Å²) in [6.07, 6.45) is 3.32. The maximum absolute atomic E-state index is 12.1. The van der Waals surface area contributed by atoms with Crippen molar-refractivity contribution in [1.29, 1.82) is 0 Å². The highest BCUT2D eigenvalue weighted by Crippen LogP contribution is 2.13. The lowest BCUT2D eigenvalue weighted by atomic mass is 10.2. The zero-order chi connectivity index (χ0) is 13.7. The maximum atomic E-state index is 12.1. The van der Waals surface area contributed by atoms with Crippen LogP contribution in [-0.4, -0.2) is 20.3 Å². The van der Waals surface area contributed by atoms with Crippen molar-refractivity contribution in [3.8, 4) is 0 Å². The molecule has 98 valence electrons. The van der Waals surface area contributed by atoms with Gasteiger partial charge < -0.3 is 5.11 Å². The minimum atomic E-state index is -1.13. The summed E-state index contributed by atoms with van der Waals surface area (Å²) in [6, 6.07) is 10.5. The third kappa shape index (κ3) is 3.99. The van der Waals surface area contributed by atoms with Crippen molar-refractivity contribution in [1.82, 2.24) is 4.98 Å². The van der Waals surface area contributed by atoms with E-state index >= 15 is 0 Å². The quantitative estimate of drug-likeness (QED) is 0.906. The molecule has 1 atom stereocenters. The summed E-state index contributed by atoms with van der Waals surface area (Å²) in [4.78, 5) is 15.2. The van der Waals surface area contributed by atoms with Gasteiger partial charge in [-0.1, -0.05) is 12.1 Å². The van der Waals surface area contributed by atoms with E-state index in [-0.39, 0.29) is 6.42 Å². The minimum absolute atomic E-state index is 0.0166. The largest absolute Gasteiger partial charge is 0.481 e. The Morgan fingerprint density at radius 2 is 1.68 bits per heavy atom. The molecule has 1 unspecified atom stereocenters. The molecule has 0 saturated heterocycles. The summed E-state index contributed by atoms with van der Waals surface area (Å²) in [5.41, 5.74) is 1.67. The molecule has 1 heterocycles. The van der Waals surface area contributed by atoms with Gasteiger partial charge in [0.15, 0.2) is 0 Å². The first kappa shape index (κ1) is 13.4. The number of nitrogens with zero attached hydrogens (tertiary/aromatic N) is 1. The van der Waals surface area contributed by atoms with Gasteiger partial charge in [-0.15, -0.1) is 0 Å². The number of carboxylic acid groups (broad SMARTS) is 1. The van der Waals surface area contributed by atoms with E-state index in [2.05, 4.69) is 4.98 Å². The van der Waals surface area contributed by atoms with Gasteiger partial charge in [-0.2, -0.15) is 0 Å². The van der Waals surface area contributed by atoms with Crippen LogP contribution < -0.4 is 0 Å². The maximum Gasteiger partial charge on any atom is 0.307 e. The first-order chi connectivity index (χ1) is 9.15. The van der Waals surface area contributed by atoms with Crippen molar-refractivity contribution >= 4 is 16.8 Å². The molecule has 19 heavy (non-hydrogen) atoms. The molecule has 0 fully saturated rings. The topological polar surface area (TPSA) is 67.3 Å². The molecule has 0 amide bonds. The summed E-state index contributed by atoms with van der Waals surface area (Å²) in [5, 5.41) is 8.67. The predicted molar refractivity (Wildman–Crippen MR) is 72.1 cm³/mol. The van der Waals surface area contributed by atoms with Crippen molar-refractivity contribution in [3.63, 3.8) is 0 Å². The van der Waals surface area contributed by atoms with E-state index in [1.54, 1.807) is 36.7 Å². The lowest BCUT2D eigenvalue weighted by Crippen LogP contribution is -2.01. The molecule has 1 aromatic heterocycles. The Morgan fingerprint density at radius 1 is 1.05 bits per heavy atom. The molecular formula is C14H13NO3S. The van der Waals surface area contributed by atoms with Gasteiger partial charge in [0.1, 0.15) is 0 Å². The second-order valence-electron chi connectivity index (χ2n) is 4.06. The van der Waals surface area contributed by atoms with Crippen LogP contribution >= 0.6 is 0 Å². The number of benzene rings is 1. The van der Waals surface area contributed by atoms with Gasteiger partial charge in [-0.3, -0.25) is 14.0 Å². The van der Waals surface area contributed by atoms with Crippen LogP contribution in [0.15, 0.2) is 53.7 Å². The minimum Gasteiger partial charge on any atom is -0.481 e. The molecule has 1 N–H and O–H groups in total. The fourth-order valence-corrected chi connectivity index (χ4v) is 2.75. The van der Waals surface area contributed by atoms with Gasteiger partial charge in [0.05, 0.1) is 23.0 Å². The SMILES string of the molecule is O=C(O)Cc1ccc(S(=O)Cc2ccncc2)cc1. The van der Waals surface area contributed by atoms with Crippen LogP contribution in [0.1, 0.15) is 11.1 Å². The number of carboxylic acids is 1. The number of hydrogen-bond donors (Lipinski definition) is 1. The number of hydrogen-bond acceptors (Lipinski definition) is 3. The Balaban J connectivity index is 2.05. The molecule has 1 aromatic carbocycles. The number of carbonyl (C=O) groups is 1. The van der Waals surface area contributed by atoms with Crippen LogP contribution in [0.5, 0.6) is 0 Å². The van der Waals surface area contributed by atoms with Crippen molar-refractivity contribution in [2.45, 2.75) is 17.1 Å². The third-order valence-corrected chi connectivity index (χ3v) is 3.98. The first-order valence-corrected chi connectivity index (χ1v) is 7.05. The molecule has 0 aliphatic heterocycles. The molecule has 5 heteroatoms. The van der Waals surface area contributed by atoms with Crippen LogP contribution in [0.2, 0.25) is 0 Å². The van der Waals surface area contributed by atoms with E-state index < -0.39 is 16.8 Å². The Hall–Kier alpha value is -2.01. The van der Waals surface area contributed by atoms with E-state index in [9.17, 15) is 9.00 Å². The second-order valence-corrected chi connectivity index (χ2v) is 5.51. The molecule has 0 aliphatic rings. The molecule has 0 aliphatic carbocycles. The van der Waals surface area contributed by atoms with Gasteiger partial charge >= 0.3 is 5.97 Å². The number of aromatic nitrogens is 1. The smallest absolute Gasteiger partial charge is 0.307 e. The first-order valence-electron chi connectivity index (χ1n) is 5.73. The molecule has 0 bridgehead atoms. The van der Waals surface area contributed by atoms with Crippen molar-refractivity contribution < 1.29 is 14.1 Å². The van der Waals surface area contributed by atoms with Gasteiger partial charge in [0, 0.05) is 17.3 Å². The zero-order valence-corrected chi connectivity index (χ0v) is 11.0. The summed E-state index contributed by atoms with van der Waals surface area (Å²) in [6.45, 7) is 0. The fourth-order valence-electron chi connectivity index (χ4n) is 1.65. The van der Waals surface area contributed by atoms with E-state index in [1.165, 1.54) is 0 Å². The van der Waals surface area contributed by atoms with E-state index in [0.29, 0.717) is 16.2 Å². The summed E-state index contributed by atoms with van der Waals surface area (Å²) in [7, 11) is -1.13. The highest BCUT2D eigenvalue weighted by molar-refractivity contribution is 7.84. The Morgan fingerprint density at radius 3 is 2.26 bits per heavy atom. The summed E-state index contributed by atoms with van der Waals surface area (Å²) < 4.78 is 12.1. The van der Waals surface area contributed by atoms with E-state index in [0.717, 1.165) is 5.56 Å². The van der Waals surface area contributed by atoms with Crippen LogP contribution in [0, 0.1) is 0 Å². The van der Waals surface area contributed by atoms with Crippen LogP contribution in [0.25, 0.3) is 0 Å². The van der Waals surface area contributed by atoms with Gasteiger partial charge in [0.25, 0.3) is 0 Å². The lowest BCUT2D eigenvalue weighted by Gasteiger charge is -2.03. The zero-order valence-electron chi connectivity index (χ0n) is 10.2. The van der Waals surface area contributed by atoms with Crippen molar-refractivity contribution in [3.05, 3.63) is 59.9 Å². The average molecular weight is 275 g/mol. The predicted octanol–water partition coefficient (Wildman–Crippen LogP) is 2.02. The highest BCUT2D eigenvalue weighted by Gasteiger charge is 2.06. The van der Waals surface area contributed by atoms with E-state index in [1.807, 2.05) is 12.1 Å². The van der Waals surface area contributed by atoms with Gasteiger partial charge in [0.2, 0.25) is 0 Å². The van der Waals surface area contributed by atoms with Crippen molar-refractivity contribution in [2.24, 2.45) is 0 Å². The molecular weight excluding hydrogens is 262 g/mol. The molecule has 0 radical (unpaired) electrons. The van der Waals surface area contributed by atoms with Crippen LogP contribution in [0.3, 0.4) is 0 Å². The average Bonchev–Trinajstić information content (AvgIpc) is 2.40. The molecule has 4 nitrogen and oxygen atoms in total. The molecule has 2 rings (SSSR count). The normalized spacial score (nSPS) is 12.0. The third-order valence-electron chi connectivity index (χ3n) is 2.59. The van der Waals surface area contributed by atoms with Crippen LogP contribution in [0.4, 0.5) is 0 Å². The monoisotopic (exact) mass is 275 g/mol. The van der Waals surface area contributed by atoms with Crippen molar-refractivity contribution in [2.75, 3.05) is 0 Å². The Labute approximate surface area is 113 Å². The number of pyridine rings is 1. The standard InChI is InChI=1S/C14H13NO3S/c16-14(17)9-11-1-3-13(4-2-11)19(18)10-12-5-7-15-8-6-12/h1-8H,9-10H2,(H,16,17). The summed E-state index contributed by atoms with van der Waals surface area (Å²) in [5.74, 6) is -0.438. The fraction of sp³-hybridized carbons (Fsp3) is 0.143. The summed E-state index contributed by atoms with van der Waals surface area (Å²) >= 11 is 0. The Bertz CT molecular complexity index is 581. The molecule has 0 saturated carbocycles. The van der Waals surface area contributed by atoms with E-state index in [4.69, 9.17) is 5.11 Å². The number of aliphatic carboxylic acids is 1. The number of rotatable bonds is 5. The Kier molecular flexibility index (Phi) is 4.41. The van der Waals surface area contributed by atoms with Gasteiger partial charge in [-0.25, -0.2) is 0 Å². The van der Waals surface area contributed by atoms with Crippen LogP contribution in [-0.2, 0) is 27.8 Å². The van der Waals surface area contributed by atoms with Gasteiger partial charge in [-0.05, 0) is 35.4 Å². The molecule has 2 aromatic rings. The molecule has 0 spiro atoms.